The van der Waals surface area contributed by atoms with Crippen LogP contribution in [-0.2, 0) is 0 Å². The van der Waals surface area contributed by atoms with Crippen LogP contribution in [0.4, 0.5) is 0 Å². The number of piperidine rings is 1. The molecule has 0 N–H and O–H groups in total. The molecule has 98 valence electrons. The van der Waals surface area contributed by atoms with Crippen LogP contribution in [0, 0.1) is 0 Å². The van der Waals surface area contributed by atoms with Crippen molar-refractivity contribution < 1.29 is 16.9 Å². The van der Waals surface area contributed by atoms with Gasteiger partial charge >= 0.3 is 0 Å². The lowest BCUT2D eigenvalue weighted by Crippen LogP contribution is -3.00. The minimum absolute atomic E-state index is 0. The van der Waals surface area contributed by atoms with Crippen LogP contribution in [0.3, 0.4) is 0 Å². The summed E-state index contributed by atoms with van der Waals surface area (Å²) < 4.78 is 3.05. The standard InChI is InChI=1S/C12H26ClN2.ClH/c1-11(2)8-10(15(5,6)7)9-12(3,4)14(11)13;/h10H,8-9H2,1-7H3;1H/q+1;/p-1. The van der Waals surface area contributed by atoms with E-state index in [1.165, 1.54) is 0 Å². The summed E-state index contributed by atoms with van der Waals surface area (Å²) in [6.07, 6.45) is 2.31. The molecule has 1 heterocycles. The molecule has 1 rings (SSSR count). The van der Waals surface area contributed by atoms with Gasteiger partial charge < -0.3 is 16.9 Å². The molecule has 0 atom stereocenters. The number of rotatable bonds is 1. The van der Waals surface area contributed by atoms with Gasteiger partial charge in [0.05, 0.1) is 27.2 Å². The molecule has 16 heavy (non-hydrogen) atoms. The first kappa shape index (κ1) is 16.5. The van der Waals surface area contributed by atoms with Gasteiger partial charge in [0.1, 0.15) is 0 Å². The maximum absolute atomic E-state index is 6.44. The van der Waals surface area contributed by atoms with E-state index in [9.17, 15) is 0 Å². The van der Waals surface area contributed by atoms with Crippen molar-refractivity contribution in [2.75, 3.05) is 21.1 Å². The Hall–Kier alpha value is 0.500. The van der Waals surface area contributed by atoms with Gasteiger partial charge in [-0.25, -0.2) is 4.42 Å². The Morgan fingerprint density at radius 3 is 1.56 bits per heavy atom. The van der Waals surface area contributed by atoms with Crippen LogP contribution < -0.4 is 12.4 Å². The lowest BCUT2D eigenvalue weighted by molar-refractivity contribution is -0.899. The maximum atomic E-state index is 6.44. The zero-order valence-corrected chi connectivity index (χ0v) is 13.2. The Bertz CT molecular complexity index is 226. The predicted octanol–water partition coefficient (Wildman–Crippen LogP) is -0.128. The van der Waals surface area contributed by atoms with Gasteiger partial charge in [-0.05, 0) is 39.5 Å². The van der Waals surface area contributed by atoms with Gasteiger partial charge in [-0.15, -0.1) is 0 Å². The molecule has 1 aliphatic rings. The normalized spacial score (nSPS) is 26.2. The van der Waals surface area contributed by atoms with E-state index in [0.717, 1.165) is 17.3 Å². The van der Waals surface area contributed by atoms with Crippen LogP contribution in [0.2, 0.25) is 0 Å². The van der Waals surface area contributed by atoms with E-state index in [2.05, 4.69) is 48.8 Å². The quantitative estimate of drug-likeness (QED) is 0.473. The molecule has 0 aromatic rings. The highest BCUT2D eigenvalue weighted by Gasteiger charge is 2.48. The highest BCUT2D eigenvalue weighted by atomic mass is 35.5. The molecule has 0 aromatic carbocycles. The average Bonchev–Trinajstić information content (AvgIpc) is 1.97. The molecule has 0 bridgehead atoms. The Balaban J connectivity index is 0.00000225. The van der Waals surface area contributed by atoms with Crippen LogP contribution in [0.15, 0.2) is 0 Å². The lowest BCUT2D eigenvalue weighted by atomic mass is 9.78. The summed E-state index contributed by atoms with van der Waals surface area (Å²) >= 11 is 6.44. The fourth-order valence-electron chi connectivity index (χ4n) is 2.75. The van der Waals surface area contributed by atoms with Crippen LogP contribution in [0.1, 0.15) is 40.5 Å². The molecular weight excluding hydrogens is 243 g/mol. The Morgan fingerprint density at radius 1 is 1.00 bits per heavy atom. The zero-order chi connectivity index (χ0) is 12.1. The van der Waals surface area contributed by atoms with Gasteiger partial charge in [0.2, 0.25) is 0 Å². The van der Waals surface area contributed by atoms with Crippen molar-refractivity contribution in [3.63, 3.8) is 0 Å². The summed E-state index contributed by atoms with van der Waals surface area (Å²) in [5, 5.41) is 0. The summed E-state index contributed by atoms with van der Waals surface area (Å²) in [5.41, 5.74) is 0.166. The number of halogens is 2. The molecule has 2 nitrogen and oxygen atoms in total. The van der Waals surface area contributed by atoms with Crippen LogP contribution in [0.25, 0.3) is 0 Å². The zero-order valence-electron chi connectivity index (χ0n) is 11.6. The topological polar surface area (TPSA) is 3.24 Å². The van der Waals surface area contributed by atoms with Crippen LogP contribution >= 0.6 is 11.8 Å². The maximum Gasteiger partial charge on any atom is 0.0920 e. The number of hydrogen-bond acceptors (Lipinski definition) is 1. The summed E-state index contributed by atoms with van der Waals surface area (Å²) in [6, 6.07) is 0.685. The van der Waals surface area contributed by atoms with Gasteiger partial charge in [0.25, 0.3) is 0 Å². The Kier molecular flexibility index (Phi) is 4.79. The molecule has 1 saturated heterocycles. The second-order valence-electron chi connectivity index (χ2n) is 7.08. The third-order valence-electron chi connectivity index (χ3n) is 3.63. The van der Waals surface area contributed by atoms with Gasteiger partial charge in [-0.2, -0.15) is 0 Å². The largest absolute Gasteiger partial charge is 1.00 e. The fraction of sp³-hybridized carbons (Fsp3) is 1.00. The average molecular weight is 269 g/mol. The molecule has 0 unspecified atom stereocenters. The van der Waals surface area contributed by atoms with Crippen LogP contribution in [0.5, 0.6) is 0 Å². The Labute approximate surface area is 112 Å². The second-order valence-corrected chi connectivity index (χ2v) is 7.42. The highest BCUT2D eigenvalue weighted by Crippen LogP contribution is 2.42. The van der Waals surface area contributed by atoms with Gasteiger partial charge in [0, 0.05) is 23.9 Å². The van der Waals surface area contributed by atoms with Crippen molar-refractivity contribution in [1.29, 1.82) is 0 Å². The summed E-state index contributed by atoms with van der Waals surface area (Å²) in [5.74, 6) is 0. The SMILES string of the molecule is CC1(C)CC([N+](C)(C)C)CC(C)(C)N1Cl.[Cl-]. The van der Waals surface area contributed by atoms with E-state index in [-0.39, 0.29) is 23.5 Å². The lowest BCUT2D eigenvalue weighted by Gasteiger charge is -2.53. The van der Waals surface area contributed by atoms with Gasteiger partial charge in [-0.1, -0.05) is 0 Å². The van der Waals surface area contributed by atoms with Gasteiger partial charge in [-0.3, -0.25) is 0 Å². The van der Waals surface area contributed by atoms with E-state index in [1.54, 1.807) is 0 Å². The predicted molar refractivity (Wildman–Crippen MR) is 66.9 cm³/mol. The Morgan fingerprint density at radius 2 is 1.31 bits per heavy atom. The third-order valence-corrected chi connectivity index (χ3v) is 4.54. The minimum Gasteiger partial charge on any atom is -1.00 e. The molecule has 0 saturated carbocycles. The summed E-state index contributed by atoms with van der Waals surface area (Å²) in [6.45, 7) is 8.96. The summed E-state index contributed by atoms with van der Waals surface area (Å²) in [4.78, 5) is 0. The number of quaternary nitrogens is 1. The molecule has 0 amide bonds. The molecule has 0 spiro atoms. The number of hydrogen-bond donors (Lipinski definition) is 0. The van der Waals surface area contributed by atoms with E-state index >= 15 is 0 Å². The smallest absolute Gasteiger partial charge is 0.0920 e. The first-order valence-corrected chi connectivity index (χ1v) is 6.08. The molecule has 0 aliphatic carbocycles. The monoisotopic (exact) mass is 268 g/mol. The molecular formula is C12H26Cl2N2. The van der Waals surface area contributed by atoms with Crippen molar-refractivity contribution in [3.05, 3.63) is 0 Å². The first-order valence-electron chi connectivity index (χ1n) is 5.74. The number of nitrogens with zero attached hydrogens (tertiary/aromatic N) is 2. The second kappa shape index (κ2) is 4.64. The molecule has 1 fully saturated rings. The van der Waals surface area contributed by atoms with Crippen molar-refractivity contribution in [2.45, 2.75) is 57.7 Å². The van der Waals surface area contributed by atoms with Crippen molar-refractivity contribution >= 4 is 11.8 Å². The summed E-state index contributed by atoms with van der Waals surface area (Å²) in [7, 11) is 6.84. The van der Waals surface area contributed by atoms with Crippen molar-refractivity contribution in [1.82, 2.24) is 4.42 Å². The van der Waals surface area contributed by atoms with Crippen molar-refractivity contribution in [3.8, 4) is 0 Å². The third kappa shape index (κ3) is 3.25. The molecule has 0 aromatic heterocycles. The molecule has 1 aliphatic heterocycles. The van der Waals surface area contributed by atoms with E-state index < -0.39 is 0 Å². The fourth-order valence-corrected chi connectivity index (χ4v) is 2.89. The van der Waals surface area contributed by atoms with E-state index in [0.29, 0.717) is 6.04 Å². The molecule has 4 heteroatoms. The van der Waals surface area contributed by atoms with E-state index in [1.807, 2.05) is 4.42 Å². The van der Waals surface area contributed by atoms with Gasteiger partial charge in [0.15, 0.2) is 0 Å². The van der Waals surface area contributed by atoms with Crippen molar-refractivity contribution in [2.24, 2.45) is 0 Å². The first-order chi connectivity index (χ1) is 6.47. The van der Waals surface area contributed by atoms with E-state index in [4.69, 9.17) is 11.8 Å². The highest BCUT2D eigenvalue weighted by molar-refractivity contribution is 6.14. The van der Waals surface area contributed by atoms with Crippen LogP contribution in [-0.4, -0.2) is 47.2 Å². The molecule has 0 radical (unpaired) electrons. The minimum atomic E-state index is 0.